The van der Waals surface area contributed by atoms with Gasteiger partial charge in [0.25, 0.3) is 0 Å². The van der Waals surface area contributed by atoms with Crippen molar-refractivity contribution in [3.8, 4) is 0 Å². The number of hydrogen-bond donors (Lipinski definition) is 0. The first-order chi connectivity index (χ1) is 9.95. The van der Waals surface area contributed by atoms with E-state index < -0.39 is 0 Å². The molecule has 1 aromatic heterocycles. The Kier molecular flexibility index (Phi) is 5.60. The molecule has 0 N–H and O–H groups in total. The smallest absolute Gasteiger partial charge is 0.166 e. The highest BCUT2D eigenvalue weighted by atomic mass is 16.1. The Hall–Kier alpha value is -1.12. The van der Waals surface area contributed by atoms with Crippen molar-refractivity contribution in [2.24, 2.45) is 17.8 Å². The zero-order chi connectivity index (χ0) is 15.4. The van der Waals surface area contributed by atoms with Crippen LogP contribution >= 0.6 is 0 Å². The molecule has 1 unspecified atom stereocenters. The van der Waals surface area contributed by atoms with Gasteiger partial charge in [0, 0.05) is 19.2 Å². The SMILES string of the molecule is Cc1nn(CC(C)C)cc1C(=O)CC[C@@H]1CCCC(C)C1. The number of aryl methyl sites for hydroxylation is 1. The van der Waals surface area contributed by atoms with Gasteiger partial charge in [0.05, 0.1) is 11.3 Å². The molecule has 3 heteroatoms. The second-order valence-electron chi connectivity index (χ2n) is 7.34. The van der Waals surface area contributed by atoms with E-state index >= 15 is 0 Å². The average molecular weight is 290 g/mol. The van der Waals surface area contributed by atoms with Gasteiger partial charge in [0.1, 0.15) is 0 Å². The van der Waals surface area contributed by atoms with E-state index in [-0.39, 0.29) is 5.78 Å². The van der Waals surface area contributed by atoms with E-state index in [1.165, 1.54) is 25.7 Å². The lowest BCUT2D eigenvalue weighted by Gasteiger charge is -2.26. The highest BCUT2D eigenvalue weighted by molar-refractivity contribution is 5.96. The second-order valence-corrected chi connectivity index (χ2v) is 7.34. The van der Waals surface area contributed by atoms with Crippen molar-refractivity contribution in [3.63, 3.8) is 0 Å². The maximum Gasteiger partial charge on any atom is 0.166 e. The molecule has 0 radical (unpaired) electrons. The maximum atomic E-state index is 12.4. The maximum absolute atomic E-state index is 12.4. The van der Waals surface area contributed by atoms with Gasteiger partial charge >= 0.3 is 0 Å². The van der Waals surface area contributed by atoms with E-state index in [2.05, 4.69) is 25.9 Å². The summed E-state index contributed by atoms with van der Waals surface area (Å²) >= 11 is 0. The van der Waals surface area contributed by atoms with Crippen molar-refractivity contribution in [3.05, 3.63) is 17.5 Å². The number of rotatable bonds is 6. The molecule has 2 atom stereocenters. The summed E-state index contributed by atoms with van der Waals surface area (Å²) in [6, 6.07) is 0. The molecule has 1 fully saturated rings. The van der Waals surface area contributed by atoms with Gasteiger partial charge in [-0.1, -0.05) is 40.0 Å². The third-order valence-electron chi connectivity index (χ3n) is 4.62. The van der Waals surface area contributed by atoms with Crippen molar-refractivity contribution < 1.29 is 4.79 Å². The largest absolute Gasteiger partial charge is 0.294 e. The van der Waals surface area contributed by atoms with Gasteiger partial charge in [0.15, 0.2) is 5.78 Å². The van der Waals surface area contributed by atoms with Crippen LogP contribution in [-0.2, 0) is 6.54 Å². The molecule has 1 saturated carbocycles. The topological polar surface area (TPSA) is 34.9 Å². The Balaban J connectivity index is 1.89. The molecule has 0 bridgehead atoms. The summed E-state index contributed by atoms with van der Waals surface area (Å²) in [6.07, 6.45) is 9.00. The standard InChI is InChI=1S/C18H30N2O/c1-13(2)11-20-12-17(15(4)19-20)18(21)9-8-16-7-5-6-14(3)10-16/h12-14,16H,5-11H2,1-4H3/t14?,16-/m0/s1. The predicted octanol–water partition coefficient (Wildman–Crippen LogP) is 4.64. The average Bonchev–Trinajstić information content (AvgIpc) is 2.76. The van der Waals surface area contributed by atoms with Gasteiger partial charge in [-0.3, -0.25) is 9.48 Å². The zero-order valence-corrected chi connectivity index (χ0v) is 14.1. The Morgan fingerprint density at radius 2 is 2.19 bits per heavy atom. The Morgan fingerprint density at radius 1 is 1.43 bits per heavy atom. The van der Waals surface area contributed by atoms with Crippen molar-refractivity contribution in [1.82, 2.24) is 9.78 Å². The summed E-state index contributed by atoms with van der Waals surface area (Å²) in [5.41, 5.74) is 1.72. The molecule has 1 heterocycles. The van der Waals surface area contributed by atoms with Crippen LogP contribution in [0.1, 0.15) is 75.3 Å². The summed E-state index contributed by atoms with van der Waals surface area (Å²) in [7, 11) is 0. The molecule has 21 heavy (non-hydrogen) atoms. The Labute approximate surface area is 129 Å². The lowest BCUT2D eigenvalue weighted by atomic mass is 9.80. The van der Waals surface area contributed by atoms with Crippen molar-refractivity contribution >= 4 is 5.78 Å². The third-order valence-corrected chi connectivity index (χ3v) is 4.62. The summed E-state index contributed by atoms with van der Waals surface area (Å²) in [5, 5.41) is 4.47. The molecule has 0 spiro atoms. The van der Waals surface area contributed by atoms with Gasteiger partial charge in [-0.2, -0.15) is 5.10 Å². The lowest BCUT2D eigenvalue weighted by molar-refractivity contribution is 0.0966. The monoisotopic (exact) mass is 290 g/mol. The van der Waals surface area contributed by atoms with Crippen LogP contribution in [0.3, 0.4) is 0 Å². The first kappa shape index (κ1) is 16.3. The molecule has 118 valence electrons. The molecule has 3 nitrogen and oxygen atoms in total. The minimum absolute atomic E-state index is 0.278. The van der Waals surface area contributed by atoms with Gasteiger partial charge in [0.2, 0.25) is 0 Å². The molecule has 1 aliphatic carbocycles. The van der Waals surface area contributed by atoms with E-state index in [1.54, 1.807) is 0 Å². The van der Waals surface area contributed by atoms with E-state index in [0.29, 0.717) is 12.3 Å². The van der Waals surface area contributed by atoms with Crippen molar-refractivity contribution in [1.29, 1.82) is 0 Å². The first-order valence-corrected chi connectivity index (χ1v) is 8.53. The molecule has 0 aromatic carbocycles. The van der Waals surface area contributed by atoms with E-state index in [0.717, 1.165) is 36.1 Å². The summed E-state index contributed by atoms with van der Waals surface area (Å²) in [5.74, 6) is 2.43. The summed E-state index contributed by atoms with van der Waals surface area (Å²) < 4.78 is 1.93. The Morgan fingerprint density at radius 3 is 2.86 bits per heavy atom. The first-order valence-electron chi connectivity index (χ1n) is 8.53. The van der Waals surface area contributed by atoms with Crippen LogP contribution < -0.4 is 0 Å². The van der Waals surface area contributed by atoms with Crippen LogP contribution in [-0.4, -0.2) is 15.6 Å². The molecule has 0 saturated heterocycles. The number of ketones is 1. The van der Waals surface area contributed by atoms with E-state index in [9.17, 15) is 4.79 Å². The van der Waals surface area contributed by atoms with E-state index in [4.69, 9.17) is 0 Å². The van der Waals surface area contributed by atoms with Gasteiger partial charge < -0.3 is 0 Å². The fourth-order valence-electron chi connectivity index (χ4n) is 3.55. The van der Waals surface area contributed by atoms with E-state index in [1.807, 2.05) is 17.8 Å². The third kappa shape index (κ3) is 4.69. The van der Waals surface area contributed by atoms with Crippen LogP contribution in [0, 0.1) is 24.7 Å². The fourth-order valence-corrected chi connectivity index (χ4v) is 3.55. The van der Waals surface area contributed by atoms with Gasteiger partial charge in [-0.05, 0) is 37.5 Å². The van der Waals surface area contributed by atoms with Gasteiger partial charge in [-0.15, -0.1) is 0 Å². The number of hydrogen-bond acceptors (Lipinski definition) is 2. The molecule has 2 rings (SSSR count). The minimum atomic E-state index is 0.278. The number of Topliss-reactive ketones (excluding diaryl/α,β-unsaturated/α-hetero) is 1. The molecule has 0 aliphatic heterocycles. The number of carbonyl (C=O) groups excluding carboxylic acids is 1. The van der Waals surface area contributed by atoms with Crippen LogP contribution in [0.15, 0.2) is 6.20 Å². The van der Waals surface area contributed by atoms with Crippen LogP contribution in [0.4, 0.5) is 0 Å². The number of nitrogens with zero attached hydrogens (tertiary/aromatic N) is 2. The molecule has 0 amide bonds. The molecular weight excluding hydrogens is 260 g/mol. The second kappa shape index (κ2) is 7.24. The summed E-state index contributed by atoms with van der Waals surface area (Å²) in [6.45, 7) is 9.51. The highest BCUT2D eigenvalue weighted by Crippen LogP contribution is 2.31. The Bertz CT molecular complexity index is 476. The van der Waals surface area contributed by atoms with Gasteiger partial charge in [-0.25, -0.2) is 0 Å². The quantitative estimate of drug-likeness (QED) is 0.716. The summed E-state index contributed by atoms with van der Waals surface area (Å²) in [4.78, 5) is 12.4. The van der Waals surface area contributed by atoms with Crippen LogP contribution in [0.5, 0.6) is 0 Å². The number of carbonyl (C=O) groups is 1. The molecule has 1 aliphatic rings. The van der Waals surface area contributed by atoms with Crippen molar-refractivity contribution in [2.75, 3.05) is 0 Å². The van der Waals surface area contributed by atoms with Crippen LogP contribution in [0.2, 0.25) is 0 Å². The molecule has 1 aromatic rings. The zero-order valence-electron chi connectivity index (χ0n) is 14.1. The number of aromatic nitrogens is 2. The van der Waals surface area contributed by atoms with Crippen LogP contribution in [0.25, 0.3) is 0 Å². The predicted molar refractivity (Wildman–Crippen MR) is 86.5 cm³/mol. The fraction of sp³-hybridized carbons (Fsp3) is 0.778. The lowest BCUT2D eigenvalue weighted by Crippen LogP contribution is -2.14. The van der Waals surface area contributed by atoms with Crippen molar-refractivity contribution in [2.45, 2.75) is 72.8 Å². The normalized spacial score (nSPS) is 22.7. The highest BCUT2D eigenvalue weighted by Gasteiger charge is 2.21. The minimum Gasteiger partial charge on any atom is -0.294 e. The molecular formula is C18H30N2O.